The van der Waals surface area contributed by atoms with Crippen LogP contribution in [0.2, 0.25) is 0 Å². The van der Waals surface area contributed by atoms with Crippen molar-refractivity contribution in [2.75, 3.05) is 16.3 Å². The number of fused-ring (bicyclic) bond motifs is 2. The van der Waals surface area contributed by atoms with Crippen molar-refractivity contribution >= 4 is 48.9 Å². The molecule has 0 radical (unpaired) electrons. The molecule has 28 heavy (non-hydrogen) atoms. The molecule has 142 valence electrons. The van der Waals surface area contributed by atoms with Crippen molar-refractivity contribution in [1.29, 1.82) is 0 Å². The topological polar surface area (TPSA) is 106 Å². The Bertz CT molecular complexity index is 1380. The summed E-state index contributed by atoms with van der Waals surface area (Å²) in [7, 11) is -1.63. The molecule has 4 rings (SSSR count). The van der Waals surface area contributed by atoms with E-state index in [-0.39, 0.29) is 5.43 Å². The van der Waals surface area contributed by atoms with Crippen LogP contribution in [0.5, 0.6) is 0 Å². The lowest BCUT2D eigenvalue weighted by Gasteiger charge is -2.04. The Morgan fingerprint density at radius 3 is 2.46 bits per heavy atom. The Morgan fingerprint density at radius 1 is 1.00 bits per heavy atom. The summed E-state index contributed by atoms with van der Waals surface area (Å²) in [6, 6.07) is 12.0. The predicted octanol–water partition coefficient (Wildman–Crippen LogP) is 2.60. The Labute approximate surface area is 160 Å². The minimum atomic E-state index is -3.44. The largest absolute Gasteiger partial charge is 0.337 e. The van der Waals surface area contributed by atoms with E-state index in [9.17, 15) is 13.2 Å². The number of nitrogens with zero attached hydrogens (tertiary/aromatic N) is 3. The smallest absolute Gasteiger partial charge is 0.229 e. The van der Waals surface area contributed by atoms with Gasteiger partial charge in [0.15, 0.2) is 11.2 Å². The summed E-state index contributed by atoms with van der Waals surface area (Å²) in [5.74, 6) is 0.640. The van der Waals surface area contributed by atoms with Crippen LogP contribution in [0.15, 0.2) is 59.7 Å². The molecule has 0 aliphatic rings. The molecule has 8 nitrogen and oxygen atoms in total. The van der Waals surface area contributed by atoms with Gasteiger partial charge in [0.25, 0.3) is 0 Å². The number of hydrogen-bond donors (Lipinski definition) is 2. The third-order valence-corrected chi connectivity index (χ3v) is 4.78. The van der Waals surface area contributed by atoms with Crippen molar-refractivity contribution in [1.82, 2.24) is 14.8 Å². The van der Waals surface area contributed by atoms with Gasteiger partial charge in [-0.2, -0.15) is 5.10 Å². The summed E-state index contributed by atoms with van der Waals surface area (Å²) in [5, 5.41) is 8.89. The number of pyridine rings is 1. The molecule has 0 spiro atoms. The van der Waals surface area contributed by atoms with Crippen LogP contribution in [0.3, 0.4) is 0 Å². The maximum absolute atomic E-state index is 13.1. The van der Waals surface area contributed by atoms with E-state index in [1.165, 1.54) is 6.07 Å². The Hall–Kier alpha value is -3.46. The highest BCUT2D eigenvalue weighted by Gasteiger charge is 2.08. The third-order valence-electron chi connectivity index (χ3n) is 4.17. The highest BCUT2D eigenvalue weighted by molar-refractivity contribution is 7.92. The number of anilines is 3. The fourth-order valence-electron chi connectivity index (χ4n) is 2.98. The lowest BCUT2D eigenvalue weighted by atomic mass is 10.1. The van der Waals surface area contributed by atoms with Gasteiger partial charge in [-0.25, -0.2) is 8.42 Å². The van der Waals surface area contributed by atoms with Crippen molar-refractivity contribution in [3.8, 4) is 0 Å². The summed E-state index contributed by atoms with van der Waals surface area (Å²) in [5.41, 5.74) is 1.28. The fraction of sp³-hybridized carbons (Fsp3) is 0.105. The zero-order valence-corrected chi connectivity index (χ0v) is 16.0. The summed E-state index contributed by atoms with van der Waals surface area (Å²) in [4.78, 5) is 17.5. The van der Waals surface area contributed by atoms with E-state index in [1.54, 1.807) is 47.4 Å². The minimum Gasteiger partial charge on any atom is -0.337 e. The highest BCUT2D eigenvalue weighted by atomic mass is 32.2. The molecule has 2 aromatic carbocycles. The third kappa shape index (κ3) is 3.65. The number of sulfonamides is 1. The summed E-state index contributed by atoms with van der Waals surface area (Å²) in [6.07, 6.45) is 4.51. The van der Waals surface area contributed by atoms with Gasteiger partial charge in [-0.1, -0.05) is 12.1 Å². The molecule has 0 amide bonds. The lowest BCUT2D eigenvalue weighted by Crippen LogP contribution is -2.10. The summed E-state index contributed by atoms with van der Waals surface area (Å²) < 4.78 is 27.1. The van der Waals surface area contributed by atoms with Gasteiger partial charge in [-0.3, -0.25) is 19.2 Å². The Balaban J connectivity index is 1.88. The van der Waals surface area contributed by atoms with Crippen LogP contribution in [0.4, 0.5) is 17.2 Å². The van der Waals surface area contributed by atoms with Gasteiger partial charge in [0.05, 0.1) is 29.0 Å². The first-order chi connectivity index (χ1) is 13.3. The molecule has 0 aliphatic heterocycles. The average molecular weight is 395 g/mol. The van der Waals surface area contributed by atoms with Crippen molar-refractivity contribution in [2.24, 2.45) is 7.05 Å². The SMILES string of the molecule is Cn1ccc(Nc2cnc3ccc4ccc(NS(C)(=O)=O)cc4c(=O)c3c2)n1. The van der Waals surface area contributed by atoms with Crippen LogP contribution in [-0.4, -0.2) is 29.4 Å². The van der Waals surface area contributed by atoms with Crippen molar-refractivity contribution in [3.63, 3.8) is 0 Å². The summed E-state index contributed by atoms with van der Waals surface area (Å²) in [6.45, 7) is 0. The zero-order chi connectivity index (χ0) is 19.9. The molecular formula is C19H17N5O3S. The number of hydrogen-bond acceptors (Lipinski definition) is 6. The first-order valence-electron chi connectivity index (χ1n) is 8.40. The first-order valence-corrected chi connectivity index (χ1v) is 10.3. The second-order valence-electron chi connectivity index (χ2n) is 6.50. The number of aromatic nitrogens is 3. The maximum atomic E-state index is 13.1. The molecule has 0 atom stereocenters. The molecule has 0 fully saturated rings. The van der Waals surface area contributed by atoms with Crippen LogP contribution in [-0.2, 0) is 17.1 Å². The predicted molar refractivity (Wildman–Crippen MR) is 110 cm³/mol. The summed E-state index contributed by atoms with van der Waals surface area (Å²) >= 11 is 0. The highest BCUT2D eigenvalue weighted by Crippen LogP contribution is 2.21. The molecule has 0 saturated carbocycles. The van der Waals surface area contributed by atoms with Gasteiger partial charge in [-0.15, -0.1) is 0 Å². The van der Waals surface area contributed by atoms with Gasteiger partial charge >= 0.3 is 0 Å². The fourth-order valence-corrected chi connectivity index (χ4v) is 3.53. The second kappa shape index (κ2) is 6.61. The minimum absolute atomic E-state index is 0.232. The molecule has 9 heteroatoms. The molecule has 0 aliphatic carbocycles. The maximum Gasteiger partial charge on any atom is 0.229 e. The number of benzene rings is 1. The van der Waals surface area contributed by atoms with Crippen molar-refractivity contribution < 1.29 is 8.42 Å². The first kappa shape index (κ1) is 17.9. The molecule has 0 unspecified atom stereocenters. The second-order valence-corrected chi connectivity index (χ2v) is 8.24. The van der Waals surface area contributed by atoms with E-state index in [0.717, 1.165) is 6.26 Å². The molecule has 2 N–H and O–H groups in total. The van der Waals surface area contributed by atoms with Crippen molar-refractivity contribution in [3.05, 3.63) is 65.1 Å². The van der Waals surface area contributed by atoms with E-state index >= 15 is 0 Å². The van der Waals surface area contributed by atoms with Gasteiger partial charge < -0.3 is 5.32 Å². The van der Waals surface area contributed by atoms with E-state index in [2.05, 4.69) is 20.1 Å². The van der Waals surface area contributed by atoms with Gasteiger partial charge in [-0.05, 0) is 29.7 Å². The van der Waals surface area contributed by atoms with Crippen molar-refractivity contribution in [2.45, 2.75) is 0 Å². The lowest BCUT2D eigenvalue weighted by molar-refractivity contribution is 0.607. The number of nitrogens with one attached hydrogen (secondary N) is 2. The van der Waals surface area contributed by atoms with E-state index in [0.29, 0.717) is 38.9 Å². The standard InChI is InChI=1S/C19H17N5O3S/c1-24-8-7-18(22-24)21-14-10-16-17(20-11-14)6-4-12-3-5-13(23-28(2,26)27)9-15(12)19(16)25/h3-11,23H,1-2H3,(H,21,22). The van der Waals surface area contributed by atoms with Crippen LogP contribution in [0.25, 0.3) is 21.7 Å². The monoisotopic (exact) mass is 395 g/mol. The molecule has 4 aromatic rings. The van der Waals surface area contributed by atoms with E-state index < -0.39 is 10.0 Å². The van der Waals surface area contributed by atoms with Gasteiger partial charge in [0, 0.05) is 30.4 Å². The molecule has 0 saturated heterocycles. The van der Waals surface area contributed by atoms with E-state index in [1.807, 2.05) is 13.1 Å². The normalized spacial score (nSPS) is 11.6. The Kier molecular flexibility index (Phi) is 4.23. The number of aryl methyl sites for hydroxylation is 1. The van der Waals surface area contributed by atoms with Gasteiger partial charge in [0.1, 0.15) is 0 Å². The average Bonchev–Trinajstić information content (AvgIpc) is 2.98. The quantitative estimate of drug-likeness (QED) is 0.550. The number of rotatable bonds is 4. The van der Waals surface area contributed by atoms with Crippen LogP contribution >= 0.6 is 0 Å². The molecule has 0 bridgehead atoms. The molecule has 2 heterocycles. The molecule has 2 aromatic heterocycles. The zero-order valence-electron chi connectivity index (χ0n) is 15.2. The van der Waals surface area contributed by atoms with E-state index in [4.69, 9.17) is 0 Å². The molecular weight excluding hydrogens is 378 g/mol. The van der Waals surface area contributed by atoms with Crippen LogP contribution in [0.1, 0.15) is 0 Å². The Morgan fingerprint density at radius 2 is 1.75 bits per heavy atom. The van der Waals surface area contributed by atoms with Crippen LogP contribution in [0, 0.1) is 0 Å². The van der Waals surface area contributed by atoms with Crippen LogP contribution < -0.4 is 15.5 Å². The van der Waals surface area contributed by atoms with Gasteiger partial charge in [0.2, 0.25) is 10.0 Å².